The van der Waals surface area contributed by atoms with Gasteiger partial charge in [-0.2, -0.15) is 0 Å². The summed E-state index contributed by atoms with van der Waals surface area (Å²) >= 11 is 5.86. The zero-order valence-electron chi connectivity index (χ0n) is 11.3. The number of aromatic nitrogens is 1. The smallest absolute Gasteiger partial charge is 0.262 e. The Balaban J connectivity index is 1.94. The van der Waals surface area contributed by atoms with Crippen molar-refractivity contribution in [3.05, 3.63) is 52.8 Å². The van der Waals surface area contributed by atoms with Crippen LogP contribution in [0.4, 0.5) is 5.69 Å². The Morgan fingerprint density at radius 3 is 2.65 bits per heavy atom. The van der Waals surface area contributed by atoms with Gasteiger partial charge in [-0.3, -0.25) is 4.79 Å². The Kier molecular flexibility index (Phi) is 4.58. The molecule has 20 heavy (non-hydrogen) atoms. The number of pyridine rings is 1. The number of benzene rings is 1. The number of halogens is 1. The third-order valence-electron chi connectivity index (χ3n) is 2.60. The van der Waals surface area contributed by atoms with Crippen LogP contribution in [-0.2, 0) is 4.79 Å². The third-order valence-corrected chi connectivity index (χ3v) is 2.90. The van der Waals surface area contributed by atoms with Gasteiger partial charge in [0.2, 0.25) is 0 Å². The Morgan fingerprint density at radius 1 is 1.30 bits per heavy atom. The molecular weight excluding hydrogens is 276 g/mol. The number of nitrogens with zero attached hydrogens (tertiary/aromatic N) is 1. The number of hydrogen-bond acceptors (Lipinski definition) is 3. The largest absolute Gasteiger partial charge is 0.484 e. The van der Waals surface area contributed by atoms with Crippen molar-refractivity contribution in [1.82, 2.24) is 4.98 Å². The molecule has 1 aromatic carbocycles. The van der Waals surface area contributed by atoms with Gasteiger partial charge in [0, 0.05) is 6.20 Å². The number of carbonyl (C=O) groups excluding carboxylic acids is 1. The van der Waals surface area contributed by atoms with Crippen molar-refractivity contribution in [2.24, 2.45) is 0 Å². The lowest BCUT2D eigenvalue weighted by atomic mass is 10.1. The number of aryl methyl sites for hydroxylation is 2. The summed E-state index contributed by atoms with van der Waals surface area (Å²) in [5.74, 6) is 0.397. The van der Waals surface area contributed by atoms with Crippen LogP contribution >= 0.6 is 11.6 Å². The molecule has 0 bridgehead atoms. The molecular formula is C15H15ClN2O2. The summed E-state index contributed by atoms with van der Waals surface area (Å²) in [6.07, 6.45) is 1.56. The highest BCUT2D eigenvalue weighted by atomic mass is 35.5. The van der Waals surface area contributed by atoms with E-state index in [1.165, 1.54) is 0 Å². The molecule has 1 aromatic heterocycles. The zero-order valence-corrected chi connectivity index (χ0v) is 12.1. The lowest BCUT2D eigenvalue weighted by Gasteiger charge is -2.09. The Hall–Kier alpha value is -2.07. The molecule has 0 atom stereocenters. The molecule has 0 radical (unpaired) electrons. The van der Waals surface area contributed by atoms with Gasteiger partial charge in [-0.25, -0.2) is 4.98 Å². The minimum absolute atomic E-state index is 0.0753. The topological polar surface area (TPSA) is 51.2 Å². The average Bonchev–Trinajstić information content (AvgIpc) is 2.38. The van der Waals surface area contributed by atoms with Crippen LogP contribution in [0.5, 0.6) is 5.75 Å². The van der Waals surface area contributed by atoms with Gasteiger partial charge in [0.1, 0.15) is 5.75 Å². The van der Waals surface area contributed by atoms with Gasteiger partial charge >= 0.3 is 0 Å². The van der Waals surface area contributed by atoms with Crippen molar-refractivity contribution in [3.63, 3.8) is 0 Å². The molecule has 2 rings (SSSR count). The van der Waals surface area contributed by atoms with Crippen molar-refractivity contribution < 1.29 is 9.53 Å². The lowest BCUT2D eigenvalue weighted by Crippen LogP contribution is -2.20. The number of rotatable bonds is 4. The summed E-state index contributed by atoms with van der Waals surface area (Å²) in [6.45, 7) is 3.89. The van der Waals surface area contributed by atoms with Crippen LogP contribution in [0.1, 0.15) is 11.1 Å². The Morgan fingerprint density at radius 2 is 2.00 bits per heavy atom. The van der Waals surface area contributed by atoms with E-state index in [4.69, 9.17) is 16.3 Å². The SMILES string of the molecule is Cc1cc(C)cc(OCC(=O)Nc2cccnc2Cl)c1. The van der Waals surface area contributed by atoms with Gasteiger partial charge in [0.25, 0.3) is 5.91 Å². The Bertz CT molecular complexity index is 609. The van der Waals surface area contributed by atoms with Crippen LogP contribution in [0, 0.1) is 13.8 Å². The molecule has 0 saturated carbocycles. The quantitative estimate of drug-likeness (QED) is 0.878. The van der Waals surface area contributed by atoms with E-state index >= 15 is 0 Å². The molecule has 4 nitrogen and oxygen atoms in total. The highest BCUT2D eigenvalue weighted by Crippen LogP contribution is 2.18. The molecule has 1 amide bonds. The van der Waals surface area contributed by atoms with E-state index < -0.39 is 0 Å². The average molecular weight is 291 g/mol. The first-order valence-electron chi connectivity index (χ1n) is 6.16. The number of carbonyl (C=O) groups is 1. The Labute approximate surface area is 122 Å². The molecule has 104 valence electrons. The van der Waals surface area contributed by atoms with Crippen LogP contribution in [0.2, 0.25) is 5.15 Å². The van der Waals surface area contributed by atoms with E-state index in [-0.39, 0.29) is 17.7 Å². The second-order valence-electron chi connectivity index (χ2n) is 4.50. The summed E-state index contributed by atoms with van der Waals surface area (Å²) < 4.78 is 5.47. The fourth-order valence-corrected chi connectivity index (χ4v) is 2.00. The van der Waals surface area contributed by atoms with Crippen molar-refractivity contribution >= 4 is 23.2 Å². The summed E-state index contributed by atoms with van der Waals surface area (Å²) in [5.41, 5.74) is 2.66. The molecule has 0 aliphatic heterocycles. The van der Waals surface area contributed by atoms with E-state index in [0.717, 1.165) is 11.1 Å². The fraction of sp³-hybridized carbons (Fsp3) is 0.200. The van der Waals surface area contributed by atoms with Crippen molar-refractivity contribution in [2.75, 3.05) is 11.9 Å². The molecule has 5 heteroatoms. The van der Waals surface area contributed by atoms with Crippen molar-refractivity contribution in [3.8, 4) is 5.75 Å². The van der Waals surface area contributed by atoms with Gasteiger partial charge in [0.15, 0.2) is 11.8 Å². The third kappa shape index (κ3) is 3.96. The van der Waals surface area contributed by atoms with E-state index in [1.54, 1.807) is 18.3 Å². The summed E-state index contributed by atoms with van der Waals surface area (Å²) in [7, 11) is 0. The molecule has 0 aliphatic rings. The van der Waals surface area contributed by atoms with Gasteiger partial charge < -0.3 is 10.1 Å². The first kappa shape index (κ1) is 14.3. The lowest BCUT2D eigenvalue weighted by molar-refractivity contribution is -0.118. The molecule has 0 aliphatic carbocycles. The van der Waals surface area contributed by atoms with E-state index in [9.17, 15) is 4.79 Å². The maximum atomic E-state index is 11.8. The van der Waals surface area contributed by atoms with E-state index in [1.807, 2.05) is 32.0 Å². The summed E-state index contributed by atoms with van der Waals surface area (Å²) in [4.78, 5) is 15.7. The fourth-order valence-electron chi connectivity index (χ4n) is 1.83. The molecule has 0 fully saturated rings. The minimum atomic E-state index is -0.279. The number of nitrogens with one attached hydrogen (secondary N) is 1. The van der Waals surface area contributed by atoms with Crippen LogP contribution in [0.3, 0.4) is 0 Å². The summed E-state index contributed by atoms with van der Waals surface area (Å²) in [5, 5.41) is 2.91. The van der Waals surface area contributed by atoms with Gasteiger partial charge in [-0.15, -0.1) is 0 Å². The maximum Gasteiger partial charge on any atom is 0.262 e. The number of ether oxygens (including phenoxy) is 1. The highest BCUT2D eigenvalue weighted by Gasteiger charge is 2.07. The monoisotopic (exact) mass is 290 g/mol. The first-order chi connectivity index (χ1) is 9.54. The number of amides is 1. The van der Waals surface area contributed by atoms with Gasteiger partial charge in [-0.1, -0.05) is 17.7 Å². The van der Waals surface area contributed by atoms with Crippen LogP contribution in [-0.4, -0.2) is 17.5 Å². The second-order valence-corrected chi connectivity index (χ2v) is 4.86. The molecule has 0 unspecified atom stereocenters. The minimum Gasteiger partial charge on any atom is -0.484 e. The van der Waals surface area contributed by atoms with Gasteiger partial charge in [-0.05, 0) is 49.2 Å². The molecule has 0 spiro atoms. The molecule has 1 heterocycles. The maximum absolute atomic E-state index is 11.8. The van der Waals surface area contributed by atoms with Crippen LogP contribution in [0.15, 0.2) is 36.5 Å². The van der Waals surface area contributed by atoms with Crippen LogP contribution < -0.4 is 10.1 Å². The molecule has 0 saturated heterocycles. The summed E-state index contributed by atoms with van der Waals surface area (Å²) in [6, 6.07) is 9.20. The predicted octanol–water partition coefficient (Wildman–Crippen LogP) is 3.37. The number of hydrogen-bond donors (Lipinski definition) is 1. The molecule has 1 N–H and O–H groups in total. The van der Waals surface area contributed by atoms with Crippen LogP contribution in [0.25, 0.3) is 0 Å². The standard InChI is InChI=1S/C15H15ClN2O2/c1-10-6-11(2)8-12(7-10)20-9-14(19)18-13-4-3-5-17-15(13)16/h3-8H,9H2,1-2H3,(H,18,19). The molecule has 2 aromatic rings. The van der Waals surface area contributed by atoms with Crippen molar-refractivity contribution in [1.29, 1.82) is 0 Å². The van der Waals surface area contributed by atoms with Gasteiger partial charge in [0.05, 0.1) is 5.69 Å². The predicted molar refractivity (Wildman–Crippen MR) is 79.3 cm³/mol. The number of anilines is 1. The zero-order chi connectivity index (χ0) is 14.5. The first-order valence-corrected chi connectivity index (χ1v) is 6.54. The van der Waals surface area contributed by atoms with E-state index in [2.05, 4.69) is 10.3 Å². The second kappa shape index (κ2) is 6.39. The highest BCUT2D eigenvalue weighted by molar-refractivity contribution is 6.32. The normalized spacial score (nSPS) is 10.2. The van der Waals surface area contributed by atoms with E-state index in [0.29, 0.717) is 11.4 Å². The van der Waals surface area contributed by atoms with Crippen molar-refractivity contribution in [2.45, 2.75) is 13.8 Å².